The van der Waals surface area contributed by atoms with Crippen LogP contribution in [0.25, 0.3) is 0 Å². The van der Waals surface area contributed by atoms with Gasteiger partial charge in [-0.1, -0.05) is 35.9 Å². The van der Waals surface area contributed by atoms with Crippen LogP contribution in [0.4, 0.5) is 19.0 Å². The molecule has 0 saturated heterocycles. The maximum atomic E-state index is 14.0. The van der Waals surface area contributed by atoms with Crippen molar-refractivity contribution in [2.24, 2.45) is 0 Å². The lowest BCUT2D eigenvalue weighted by molar-refractivity contribution is -0.141. The maximum absolute atomic E-state index is 14.0. The van der Waals surface area contributed by atoms with Gasteiger partial charge in [0, 0.05) is 24.7 Å². The van der Waals surface area contributed by atoms with E-state index in [0.29, 0.717) is 29.1 Å². The summed E-state index contributed by atoms with van der Waals surface area (Å²) in [6, 6.07) is 12.7. The van der Waals surface area contributed by atoms with Crippen LogP contribution in [0.1, 0.15) is 56.9 Å². The number of amides is 1. The molecule has 36 heavy (non-hydrogen) atoms. The number of benzene rings is 2. The molecule has 3 aromatic rings. The summed E-state index contributed by atoms with van der Waals surface area (Å²) in [6.07, 6.45) is -4.24. The molecule has 190 valence electrons. The Balaban J connectivity index is 1.66. The standard InChI is InChI=1S/C25H24ClF3N4O3/c1-15(17-7-9-18(10-8-17)24(35)36-2)30-22(34)20-21(25(27,28)29)31-33-12-4-11-32(23(20)33)14-16-5-3-6-19(26)13-16/h3,5-10,13,15H,4,11-12,14H2,1-2H3,(H,30,34)/t15-/m0/s1. The molecule has 0 unspecified atom stereocenters. The number of ether oxygens (including phenoxy) is 1. The van der Waals surface area contributed by atoms with Crippen LogP contribution in [-0.4, -0.2) is 35.3 Å². The summed E-state index contributed by atoms with van der Waals surface area (Å²) < 4.78 is 47.9. The van der Waals surface area contributed by atoms with E-state index in [9.17, 15) is 22.8 Å². The minimum absolute atomic E-state index is 0.124. The topological polar surface area (TPSA) is 76.5 Å². The lowest BCUT2D eigenvalue weighted by Crippen LogP contribution is -2.35. The highest BCUT2D eigenvalue weighted by molar-refractivity contribution is 6.30. The molecular weight excluding hydrogens is 497 g/mol. The molecule has 1 aromatic heterocycles. The van der Waals surface area contributed by atoms with Crippen LogP contribution < -0.4 is 10.2 Å². The minimum Gasteiger partial charge on any atom is -0.465 e. The summed E-state index contributed by atoms with van der Waals surface area (Å²) in [6.45, 7) is 2.65. The first-order chi connectivity index (χ1) is 17.1. The van der Waals surface area contributed by atoms with Crippen molar-refractivity contribution in [1.29, 1.82) is 0 Å². The fraction of sp³-hybridized carbons (Fsp3) is 0.320. The van der Waals surface area contributed by atoms with Gasteiger partial charge in [-0.15, -0.1) is 0 Å². The number of nitrogens with zero attached hydrogens (tertiary/aromatic N) is 3. The molecule has 1 amide bonds. The molecule has 0 saturated carbocycles. The largest absolute Gasteiger partial charge is 0.465 e. The Morgan fingerprint density at radius 3 is 2.53 bits per heavy atom. The number of aryl methyl sites for hydroxylation is 1. The number of nitrogens with one attached hydrogen (secondary N) is 1. The molecule has 2 aromatic carbocycles. The van der Waals surface area contributed by atoms with Crippen LogP contribution in [-0.2, 0) is 24.0 Å². The van der Waals surface area contributed by atoms with E-state index in [4.69, 9.17) is 11.6 Å². The summed E-state index contributed by atoms with van der Waals surface area (Å²) in [5.41, 5.74) is 0.00231. The van der Waals surface area contributed by atoms with Gasteiger partial charge in [-0.2, -0.15) is 18.3 Å². The highest BCUT2D eigenvalue weighted by atomic mass is 35.5. The number of alkyl halides is 3. The Labute approximate surface area is 210 Å². The SMILES string of the molecule is COC(=O)c1ccc([C@H](C)NC(=O)c2c(C(F)(F)F)nn3c2N(Cc2cccc(Cl)c2)CCC3)cc1. The van der Waals surface area contributed by atoms with Crippen molar-refractivity contribution < 1.29 is 27.5 Å². The Hall–Kier alpha value is -3.53. The number of carbonyl (C=O) groups excluding carboxylic acids is 2. The van der Waals surface area contributed by atoms with E-state index in [1.807, 2.05) is 6.07 Å². The van der Waals surface area contributed by atoms with Crippen LogP contribution in [0.2, 0.25) is 5.02 Å². The van der Waals surface area contributed by atoms with E-state index >= 15 is 0 Å². The van der Waals surface area contributed by atoms with Crippen molar-refractivity contribution in [2.45, 2.75) is 38.7 Å². The highest BCUT2D eigenvalue weighted by Gasteiger charge is 2.43. The average Bonchev–Trinajstić information content (AvgIpc) is 3.25. The molecule has 4 rings (SSSR count). The van der Waals surface area contributed by atoms with Crippen molar-refractivity contribution in [3.8, 4) is 0 Å². The van der Waals surface area contributed by atoms with Gasteiger partial charge in [-0.25, -0.2) is 9.48 Å². The molecule has 0 spiro atoms. The van der Waals surface area contributed by atoms with Gasteiger partial charge in [0.05, 0.1) is 18.7 Å². The Morgan fingerprint density at radius 2 is 1.89 bits per heavy atom. The molecule has 11 heteroatoms. The molecule has 0 fully saturated rings. The number of halogens is 4. The smallest absolute Gasteiger partial charge is 0.436 e. The van der Waals surface area contributed by atoms with Crippen LogP contribution in [0.15, 0.2) is 48.5 Å². The summed E-state index contributed by atoms with van der Waals surface area (Å²) in [7, 11) is 1.26. The first kappa shape index (κ1) is 25.6. The third-order valence-corrected chi connectivity index (χ3v) is 6.20. The quantitative estimate of drug-likeness (QED) is 0.450. The zero-order valence-corrected chi connectivity index (χ0v) is 20.4. The van der Waals surface area contributed by atoms with E-state index in [-0.39, 0.29) is 18.9 Å². The number of methoxy groups -OCH3 is 1. The van der Waals surface area contributed by atoms with Crippen LogP contribution in [0.5, 0.6) is 0 Å². The molecule has 0 aliphatic carbocycles. The lowest BCUT2D eigenvalue weighted by atomic mass is 10.0. The zero-order valence-electron chi connectivity index (χ0n) is 19.6. The maximum Gasteiger partial charge on any atom is 0.436 e. The predicted octanol–water partition coefficient (Wildman–Crippen LogP) is 5.24. The average molecular weight is 521 g/mol. The lowest BCUT2D eigenvalue weighted by Gasteiger charge is -2.30. The molecule has 1 aliphatic rings. The van der Waals surface area contributed by atoms with Crippen LogP contribution >= 0.6 is 11.6 Å². The molecule has 7 nitrogen and oxygen atoms in total. The van der Waals surface area contributed by atoms with Crippen molar-refractivity contribution in [2.75, 3.05) is 18.6 Å². The van der Waals surface area contributed by atoms with Crippen molar-refractivity contribution in [3.63, 3.8) is 0 Å². The van der Waals surface area contributed by atoms with E-state index in [1.54, 1.807) is 42.2 Å². The van der Waals surface area contributed by atoms with Gasteiger partial charge in [0.1, 0.15) is 11.4 Å². The molecule has 1 aliphatic heterocycles. The molecule has 1 atom stereocenters. The molecular formula is C25H24ClF3N4O3. The van der Waals surface area contributed by atoms with E-state index < -0.39 is 35.4 Å². The summed E-state index contributed by atoms with van der Waals surface area (Å²) >= 11 is 6.08. The fourth-order valence-corrected chi connectivity index (χ4v) is 4.46. The number of carbonyl (C=O) groups is 2. The van der Waals surface area contributed by atoms with E-state index in [0.717, 1.165) is 5.56 Å². The molecule has 0 radical (unpaired) electrons. The Kier molecular flexibility index (Phi) is 7.26. The van der Waals surface area contributed by atoms with Gasteiger partial charge >= 0.3 is 12.1 Å². The number of aromatic nitrogens is 2. The number of hydrogen-bond acceptors (Lipinski definition) is 5. The highest BCUT2D eigenvalue weighted by Crippen LogP contribution is 2.38. The van der Waals surface area contributed by atoms with Crippen molar-refractivity contribution in [3.05, 3.63) is 81.5 Å². The third-order valence-electron chi connectivity index (χ3n) is 5.96. The molecule has 2 heterocycles. The van der Waals surface area contributed by atoms with Crippen LogP contribution in [0.3, 0.4) is 0 Å². The van der Waals surface area contributed by atoms with Gasteiger partial charge in [-0.05, 0) is 48.7 Å². The minimum atomic E-state index is -4.82. The molecule has 0 bridgehead atoms. The number of esters is 1. The normalized spacial score (nSPS) is 14.2. The molecule has 1 N–H and O–H groups in total. The number of rotatable bonds is 6. The predicted molar refractivity (Wildman–Crippen MR) is 128 cm³/mol. The monoisotopic (exact) mass is 520 g/mol. The van der Waals surface area contributed by atoms with E-state index in [2.05, 4.69) is 15.2 Å². The third kappa shape index (κ3) is 5.33. The van der Waals surface area contributed by atoms with Gasteiger partial charge in [0.15, 0.2) is 5.69 Å². The summed E-state index contributed by atoms with van der Waals surface area (Å²) in [5, 5.41) is 6.96. The second kappa shape index (κ2) is 10.2. The fourth-order valence-electron chi connectivity index (χ4n) is 4.24. The Bertz CT molecular complexity index is 1270. The second-order valence-corrected chi connectivity index (χ2v) is 8.92. The van der Waals surface area contributed by atoms with Crippen molar-refractivity contribution >= 4 is 29.3 Å². The van der Waals surface area contributed by atoms with Crippen molar-refractivity contribution in [1.82, 2.24) is 15.1 Å². The number of anilines is 1. The summed E-state index contributed by atoms with van der Waals surface area (Å²) in [4.78, 5) is 26.7. The van der Waals surface area contributed by atoms with E-state index in [1.165, 1.54) is 23.9 Å². The number of hydrogen-bond donors (Lipinski definition) is 1. The van der Waals surface area contributed by atoms with Gasteiger partial charge in [0.2, 0.25) is 0 Å². The number of fused-ring (bicyclic) bond motifs is 1. The second-order valence-electron chi connectivity index (χ2n) is 8.48. The Morgan fingerprint density at radius 1 is 1.17 bits per heavy atom. The van der Waals surface area contributed by atoms with Crippen LogP contribution in [0, 0.1) is 0 Å². The first-order valence-electron chi connectivity index (χ1n) is 11.2. The first-order valence-corrected chi connectivity index (χ1v) is 11.6. The zero-order chi connectivity index (χ0) is 26.0. The van der Waals surface area contributed by atoms with Gasteiger partial charge in [-0.3, -0.25) is 4.79 Å². The summed E-state index contributed by atoms with van der Waals surface area (Å²) in [5.74, 6) is -1.27. The van der Waals surface area contributed by atoms with Gasteiger partial charge < -0.3 is 15.0 Å². The van der Waals surface area contributed by atoms with Gasteiger partial charge in [0.25, 0.3) is 5.91 Å².